The molecule has 3 nitrogen and oxygen atoms in total. The first kappa shape index (κ1) is 10.6. The summed E-state index contributed by atoms with van der Waals surface area (Å²) >= 11 is 1.75. The number of nitrogens with one attached hydrogen (secondary N) is 1. The van der Waals surface area contributed by atoms with Crippen molar-refractivity contribution in [2.75, 3.05) is 20.1 Å². The molecule has 2 atom stereocenters. The Bertz CT molecular complexity index is 396. The van der Waals surface area contributed by atoms with E-state index >= 15 is 0 Å². The Kier molecular flexibility index (Phi) is 2.65. The predicted molar refractivity (Wildman–Crippen MR) is 68.3 cm³/mol. The number of hydrogen-bond acceptors (Lipinski definition) is 3. The molecule has 0 aliphatic carbocycles. The van der Waals surface area contributed by atoms with Crippen LogP contribution in [0, 0.1) is 0 Å². The molecule has 1 fully saturated rings. The van der Waals surface area contributed by atoms with Crippen molar-refractivity contribution in [3.63, 3.8) is 0 Å². The summed E-state index contributed by atoms with van der Waals surface area (Å²) in [5.41, 5.74) is 0. The topological polar surface area (TPSA) is 24.9 Å². The maximum Gasteiger partial charge on any atom is 0.242 e. The van der Waals surface area contributed by atoms with Crippen LogP contribution in [0.15, 0.2) is 23.2 Å². The minimum atomic E-state index is 0.692. The van der Waals surface area contributed by atoms with Crippen LogP contribution < -0.4 is 9.21 Å². The van der Waals surface area contributed by atoms with Gasteiger partial charge in [-0.15, -0.1) is 0 Å². The molecule has 2 aliphatic heterocycles. The fraction of sp³-hybridized carbons (Fsp3) is 0.583. The number of quaternary nitrogens is 1. The number of nitrogens with zero attached hydrogens (tertiary/aromatic N) is 2. The second-order valence-electron chi connectivity index (χ2n) is 4.92. The summed E-state index contributed by atoms with van der Waals surface area (Å²) in [5, 5.41) is 0. The summed E-state index contributed by atoms with van der Waals surface area (Å²) in [5.74, 6) is 1.27. The largest absolute Gasteiger partial charge is 0.273 e. The molecule has 86 valence electrons. The van der Waals surface area contributed by atoms with Crippen LogP contribution in [-0.4, -0.2) is 31.2 Å². The molecule has 0 radical (unpaired) electrons. The van der Waals surface area contributed by atoms with Gasteiger partial charge < -0.3 is 0 Å². The molecule has 0 bridgehead atoms. The molecule has 4 heteroatoms. The van der Waals surface area contributed by atoms with E-state index in [2.05, 4.69) is 22.8 Å². The third-order valence-electron chi connectivity index (χ3n) is 3.95. The summed E-state index contributed by atoms with van der Waals surface area (Å²) < 4.78 is 4.51. The molecule has 0 aromatic carbocycles. The van der Waals surface area contributed by atoms with E-state index in [0.29, 0.717) is 6.04 Å². The summed E-state index contributed by atoms with van der Waals surface area (Å²) in [7, 11) is 2.35. The number of hydrogen-bond donors (Lipinski definition) is 1. The fourth-order valence-electron chi connectivity index (χ4n) is 2.93. The first-order valence-corrected chi connectivity index (χ1v) is 6.83. The van der Waals surface area contributed by atoms with Gasteiger partial charge in [0.2, 0.25) is 5.82 Å². The molecule has 1 aromatic rings. The highest BCUT2D eigenvalue weighted by Crippen LogP contribution is 2.38. The first-order valence-electron chi connectivity index (χ1n) is 6.01. The van der Waals surface area contributed by atoms with Crippen molar-refractivity contribution < 1.29 is 0 Å². The standard InChI is InChI=1S/C12H18N3S/c1-15-8-3-2-5-10(15)9-14-16-11-6-4-7-13-12(11)15/h4,6-7,10,14H,2-3,5,8-9H2,1H3/q+1. The van der Waals surface area contributed by atoms with Crippen LogP contribution in [-0.2, 0) is 0 Å². The van der Waals surface area contributed by atoms with Crippen molar-refractivity contribution >= 4 is 17.8 Å². The van der Waals surface area contributed by atoms with E-state index in [-0.39, 0.29) is 0 Å². The first-order chi connectivity index (χ1) is 7.81. The average molecular weight is 236 g/mol. The molecule has 3 rings (SSSR count). The van der Waals surface area contributed by atoms with Crippen LogP contribution >= 0.6 is 11.9 Å². The Balaban J connectivity index is 2.09. The van der Waals surface area contributed by atoms with E-state index in [1.54, 1.807) is 11.9 Å². The Labute approximate surface area is 101 Å². The molecule has 2 unspecified atom stereocenters. The molecule has 3 heterocycles. The van der Waals surface area contributed by atoms with Gasteiger partial charge in [-0.25, -0.2) is 4.98 Å². The summed E-state index contributed by atoms with van der Waals surface area (Å²) in [6, 6.07) is 4.90. The number of piperidine rings is 1. The molecule has 1 aromatic heterocycles. The molecule has 16 heavy (non-hydrogen) atoms. The maximum absolute atomic E-state index is 4.65. The van der Waals surface area contributed by atoms with Gasteiger partial charge in [-0.1, -0.05) is 0 Å². The lowest BCUT2D eigenvalue weighted by molar-refractivity contribution is 0.184. The van der Waals surface area contributed by atoms with Crippen LogP contribution in [0.25, 0.3) is 0 Å². The smallest absolute Gasteiger partial charge is 0.242 e. The van der Waals surface area contributed by atoms with E-state index in [4.69, 9.17) is 0 Å². The lowest BCUT2D eigenvalue weighted by Crippen LogP contribution is -2.59. The van der Waals surface area contributed by atoms with Crippen LogP contribution in [0.2, 0.25) is 0 Å². The van der Waals surface area contributed by atoms with Crippen molar-refractivity contribution in [2.45, 2.75) is 30.2 Å². The zero-order chi connectivity index (χ0) is 11.0. The molecule has 1 saturated heterocycles. The van der Waals surface area contributed by atoms with Crippen molar-refractivity contribution in [2.24, 2.45) is 0 Å². The highest BCUT2D eigenvalue weighted by Gasteiger charge is 2.41. The van der Waals surface area contributed by atoms with Crippen LogP contribution in [0.5, 0.6) is 0 Å². The highest BCUT2D eigenvalue weighted by molar-refractivity contribution is 7.97. The zero-order valence-corrected chi connectivity index (χ0v) is 10.5. The number of aromatic nitrogens is 1. The Morgan fingerprint density at radius 2 is 2.44 bits per heavy atom. The number of likely N-dealkylation sites (N-methyl/N-ethyl adjacent to an activating group) is 1. The van der Waals surface area contributed by atoms with Crippen LogP contribution in [0.1, 0.15) is 19.3 Å². The van der Waals surface area contributed by atoms with Crippen molar-refractivity contribution in [1.82, 2.24) is 14.2 Å². The molecule has 0 saturated carbocycles. The van der Waals surface area contributed by atoms with Gasteiger partial charge in [-0.05, 0) is 36.9 Å². The monoisotopic (exact) mass is 236 g/mol. The van der Waals surface area contributed by atoms with Crippen molar-refractivity contribution in [3.05, 3.63) is 18.3 Å². The normalized spacial score (nSPS) is 33.7. The van der Waals surface area contributed by atoms with Gasteiger partial charge in [0, 0.05) is 12.6 Å². The van der Waals surface area contributed by atoms with Crippen LogP contribution in [0.4, 0.5) is 5.82 Å². The van der Waals surface area contributed by atoms with Crippen LogP contribution in [0.3, 0.4) is 0 Å². The van der Waals surface area contributed by atoms with Gasteiger partial charge >= 0.3 is 0 Å². The fourth-order valence-corrected chi connectivity index (χ4v) is 3.86. The lowest BCUT2D eigenvalue weighted by atomic mass is 9.99. The van der Waals surface area contributed by atoms with E-state index in [1.165, 1.54) is 36.5 Å². The van der Waals surface area contributed by atoms with Crippen molar-refractivity contribution in [1.29, 1.82) is 0 Å². The van der Waals surface area contributed by atoms with E-state index in [9.17, 15) is 0 Å². The molecule has 1 N–H and O–H groups in total. The van der Waals surface area contributed by atoms with E-state index in [0.717, 1.165) is 11.0 Å². The number of fused-ring (bicyclic) bond motifs is 3. The number of pyridine rings is 1. The van der Waals surface area contributed by atoms with Crippen molar-refractivity contribution in [3.8, 4) is 0 Å². The average Bonchev–Trinajstić information content (AvgIpc) is 2.46. The summed E-state index contributed by atoms with van der Waals surface area (Å²) in [6.45, 7) is 2.33. The summed E-state index contributed by atoms with van der Waals surface area (Å²) in [4.78, 5) is 5.95. The van der Waals surface area contributed by atoms with E-state index < -0.39 is 0 Å². The maximum atomic E-state index is 4.65. The van der Waals surface area contributed by atoms with Gasteiger partial charge in [0.1, 0.15) is 10.9 Å². The molecular weight excluding hydrogens is 218 g/mol. The van der Waals surface area contributed by atoms with Gasteiger partial charge in [0.15, 0.2) is 0 Å². The quantitative estimate of drug-likeness (QED) is 0.552. The Hall–Kier alpha value is -0.580. The minimum absolute atomic E-state index is 0.692. The number of rotatable bonds is 0. The third kappa shape index (κ3) is 1.56. The molecule has 0 spiro atoms. The SMILES string of the molecule is C[N+]12CCCCC1CNSc1cccnc12. The van der Waals surface area contributed by atoms with Gasteiger partial charge in [0.05, 0.1) is 20.1 Å². The predicted octanol–water partition coefficient (Wildman–Crippen LogP) is 2.18. The highest BCUT2D eigenvalue weighted by atomic mass is 32.2. The summed E-state index contributed by atoms with van der Waals surface area (Å²) in [6.07, 6.45) is 5.95. The Morgan fingerprint density at radius 1 is 1.50 bits per heavy atom. The molecular formula is C12H18N3S+. The molecule has 2 aliphatic rings. The van der Waals surface area contributed by atoms with E-state index in [1.807, 2.05) is 12.3 Å². The Morgan fingerprint density at radius 3 is 3.38 bits per heavy atom. The van der Waals surface area contributed by atoms with Gasteiger partial charge in [-0.3, -0.25) is 9.21 Å². The van der Waals surface area contributed by atoms with Gasteiger partial charge in [0.25, 0.3) is 0 Å². The molecule has 0 amide bonds. The zero-order valence-electron chi connectivity index (χ0n) is 9.65. The minimum Gasteiger partial charge on any atom is -0.273 e. The second-order valence-corrected chi connectivity index (χ2v) is 5.85. The van der Waals surface area contributed by atoms with Gasteiger partial charge in [-0.2, -0.15) is 0 Å². The third-order valence-corrected chi connectivity index (χ3v) is 4.80. The lowest BCUT2D eigenvalue weighted by Gasteiger charge is -2.42. The second kappa shape index (κ2) is 4.02.